The van der Waals surface area contributed by atoms with Gasteiger partial charge in [-0.15, -0.1) is 0 Å². The third kappa shape index (κ3) is 4.70. The summed E-state index contributed by atoms with van der Waals surface area (Å²) in [6.45, 7) is 5.95. The minimum absolute atomic E-state index is 0.142. The molecule has 1 amide bonds. The summed E-state index contributed by atoms with van der Waals surface area (Å²) in [6.07, 6.45) is 9.93. The molecule has 194 valence electrons. The van der Waals surface area contributed by atoms with Gasteiger partial charge in [0.1, 0.15) is 17.0 Å². The molecule has 0 atom stereocenters. The highest BCUT2D eigenvalue weighted by Crippen LogP contribution is 2.34. The van der Waals surface area contributed by atoms with Gasteiger partial charge < -0.3 is 10.3 Å². The minimum atomic E-state index is -0.537. The second kappa shape index (κ2) is 9.35. The fourth-order valence-corrected chi connectivity index (χ4v) is 4.45. The topological polar surface area (TPSA) is 138 Å². The van der Waals surface area contributed by atoms with E-state index in [1.54, 1.807) is 24.7 Å². The van der Waals surface area contributed by atoms with Crippen molar-refractivity contribution < 1.29 is 9.18 Å². The maximum Gasteiger partial charge on any atom is 0.224 e. The number of aromatic nitrogens is 8. The number of halogens is 1. The van der Waals surface area contributed by atoms with Crippen LogP contribution in [0.1, 0.15) is 27.2 Å². The Morgan fingerprint density at radius 1 is 0.974 bits per heavy atom. The van der Waals surface area contributed by atoms with E-state index in [9.17, 15) is 4.79 Å². The molecule has 10 nitrogen and oxygen atoms in total. The number of amides is 1. The average molecular weight is 522 g/mol. The summed E-state index contributed by atoms with van der Waals surface area (Å²) in [6, 6.07) is 7.31. The predicted octanol–water partition coefficient (Wildman–Crippen LogP) is 5.53. The third-order valence-corrected chi connectivity index (χ3v) is 6.13. The molecule has 0 bridgehead atoms. The van der Waals surface area contributed by atoms with Gasteiger partial charge in [0.05, 0.1) is 17.3 Å². The van der Waals surface area contributed by atoms with Gasteiger partial charge in [0.2, 0.25) is 5.91 Å². The van der Waals surface area contributed by atoms with Crippen LogP contribution in [0.2, 0.25) is 0 Å². The molecule has 39 heavy (non-hydrogen) atoms. The summed E-state index contributed by atoms with van der Waals surface area (Å²) < 4.78 is 16.1. The number of rotatable bonds is 5. The number of hydrogen-bond acceptors (Lipinski definition) is 7. The zero-order chi connectivity index (χ0) is 27.1. The van der Waals surface area contributed by atoms with Gasteiger partial charge in [-0.05, 0) is 23.6 Å². The molecule has 3 N–H and O–H groups in total. The first kappa shape index (κ1) is 24.3. The van der Waals surface area contributed by atoms with Gasteiger partial charge in [0.25, 0.3) is 0 Å². The van der Waals surface area contributed by atoms with Gasteiger partial charge in [-0.3, -0.25) is 19.9 Å². The summed E-state index contributed by atoms with van der Waals surface area (Å²) in [4.78, 5) is 37.5. The van der Waals surface area contributed by atoms with Gasteiger partial charge in [-0.2, -0.15) is 5.10 Å². The van der Waals surface area contributed by atoms with Crippen molar-refractivity contribution in [1.82, 2.24) is 40.1 Å². The molecule has 0 aliphatic carbocycles. The average Bonchev–Trinajstić information content (AvgIpc) is 3.53. The molecule has 0 saturated carbocycles. The number of pyridine rings is 4. The molecule has 0 aliphatic rings. The van der Waals surface area contributed by atoms with Crippen LogP contribution < -0.4 is 5.32 Å². The SMILES string of the molecule is CC(C)(C)CC(=O)Nc1cncc(-c2cnc3[nH]nc(-c4nc5c(-c6cccnc6)ccnc5[nH]4)c3c2F)c1. The third-order valence-electron chi connectivity index (χ3n) is 6.13. The van der Waals surface area contributed by atoms with E-state index in [1.165, 1.54) is 18.6 Å². The molecule has 6 rings (SSSR count). The number of anilines is 1. The number of H-pyrrole nitrogens is 2. The van der Waals surface area contributed by atoms with Crippen molar-refractivity contribution in [2.24, 2.45) is 5.41 Å². The Labute approximate surface area is 222 Å². The first-order valence-electron chi connectivity index (χ1n) is 12.3. The molecule has 0 spiro atoms. The lowest BCUT2D eigenvalue weighted by Crippen LogP contribution is -2.19. The Balaban J connectivity index is 1.40. The van der Waals surface area contributed by atoms with Crippen LogP contribution in [-0.4, -0.2) is 46.0 Å². The Kier molecular flexibility index (Phi) is 5.82. The second-order valence-electron chi connectivity index (χ2n) is 10.4. The summed E-state index contributed by atoms with van der Waals surface area (Å²) in [5, 5.41) is 10.1. The van der Waals surface area contributed by atoms with Crippen molar-refractivity contribution in [1.29, 1.82) is 0 Å². The molecule has 0 fully saturated rings. The van der Waals surface area contributed by atoms with Crippen molar-refractivity contribution in [2.75, 3.05) is 5.32 Å². The molecule has 0 radical (unpaired) electrons. The lowest BCUT2D eigenvalue weighted by molar-refractivity contribution is -0.117. The lowest BCUT2D eigenvalue weighted by atomic mass is 9.92. The first-order chi connectivity index (χ1) is 18.8. The number of aromatic amines is 2. The van der Waals surface area contributed by atoms with Crippen molar-refractivity contribution in [2.45, 2.75) is 27.2 Å². The van der Waals surface area contributed by atoms with E-state index in [2.05, 4.69) is 40.4 Å². The fourth-order valence-electron chi connectivity index (χ4n) is 4.45. The first-order valence-corrected chi connectivity index (χ1v) is 12.3. The molecule has 0 saturated heterocycles. The van der Waals surface area contributed by atoms with Crippen LogP contribution in [0.5, 0.6) is 0 Å². The van der Waals surface area contributed by atoms with Crippen LogP contribution in [0.4, 0.5) is 10.1 Å². The number of nitrogens with one attached hydrogen (secondary N) is 3. The van der Waals surface area contributed by atoms with E-state index in [1.807, 2.05) is 39.0 Å². The van der Waals surface area contributed by atoms with Crippen LogP contribution in [0.25, 0.3) is 56.0 Å². The van der Waals surface area contributed by atoms with Crippen LogP contribution in [0.3, 0.4) is 0 Å². The Morgan fingerprint density at radius 3 is 2.62 bits per heavy atom. The quantitative estimate of drug-likeness (QED) is 0.271. The zero-order valence-corrected chi connectivity index (χ0v) is 21.5. The molecule has 0 unspecified atom stereocenters. The molecule has 11 heteroatoms. The summed E-state index contributed by atoms with van der Waals surface area (Å²) in [5.41, 5.74) is 4.41. The highest BCUT2D eigenvalue weighted by molar-refractivity contribution is 5.97. The van der Waals surface area contributed by atoms with Crippen LogP contribution in [0, 0.1) is 11.2 Å². The predicted molar refractivity (Wildman–Crippen MR) is 146 cm³/mol. The molecule has 6 aromatic rings. The zero-order valence-electron chi connectivity index (χ0n) is 21.5. The Hall–Kier alpha value is -5.06. The Bertz CT molecular complexity index is 1840. The van der Waals surface area contributed by atoms with Crippen LogP contribution in [0.15, 0.2) is 61.4 Å². The van der Waals surface area contributed by atoms with E-state index in [4.69, 9.17) is 4.98 Å². The van der Waals surface area contributed by atoms with E-state index >= 15 is 4.39 Å². The van der Waals surface area contributed by atoms with Gasteiger partial charge >= 0.3 is 0 Å². The number of nitrogens with zero attached hydrogens (tertiary/aromatic N) is 6. The fraction of sp³-hybridized carbons (Fsp3) is 0.179. The molecule has 0 aromatic carbocycles. The van der Waals surface area contributed by atoms with E-state index in [0.717, 1.165) is 11.1 Å². The van der Waals surface area contributed by atoms with Crippen LogP contribution in [-0.2, 0) is 4.79 Å². The summed E-state index contributed by atoms with van der Waals surface area (Å²) in [7, 11) is 0. The lowest BCUT2D eigenvalue weighted by Gasteiger charge is -2.17. The molecule has 6 aromatic heterocycles. The van der Waals surface area contributed by atoms with Crippen LogP contribution >= 0.6 is 0 Å². The standard InChI is InChI=1S/C28H24FN9O/c1-28(2,3)10-20(39)34-17-9-16(12-31-13-17)19-14-33-25-21(22(19)29)24(37-38-25)27-35-23-18(6-8-32-26(23)36-27)15-5-4-7-30-11-15/h4-9,11-14H,10H2,1-3H3,(H,34,39)(H,32,35,36)(H,33,37,38). The van der Waals surface area contributed by atoms with E-state index < -0.39 is 5.82 Å². The number of hydrogen-bond donors (Lipinski definition) is 3. The molecule has 0 aliphatic heterocycles. The van der Waals surface area contributed by atoms with Crippen molar-refractivity contribution >= 4 is 33.8 Å². The minimum Gasteiger partial charge on any atom is -0.325 e. The smallest absolute Gasteiger partial charge is 0.224 e. The van der Waals surface area contributed by atoms with E-state index in [-0.39, 0.29) is 33.6 Å². The maximum absolute atomic E-state index is 16.1. The van der Waals surface area contributed by atoms with Gasteiger partial charge in [-0.1, -0.05) is 26.8 Å². The van der Waals surface area contributed by atoms with Gasteiger partial charge in [0.15, 0.2) is 17.1 Å². The van der Waals surface area contributed by atoms with Gasteiger partial charge in [0, 0.05) is 59.7 Å². The maximum atomic E-state index is 16.1. The Morgan fingerprint density at radius 2 is 1.82 bits per heavy atom. The highest BCUT2D eigenvalue weighted by Gasteiger charge is 2.22. The van der Waals surface area contributed by atoms with Crippen molar-refractivity contribution in [3.8, 4) is 33.8 Å². The van der Waals surface area contributed by atoms with E-state index in [0.29, 0.717) is 34.7 Å². The summed E-state index contributed by atoms with van der Waals surface area (Å²) >= 11 is 0. The van der Waals surface area contributed by atoms with Gasteiger partial charge in [-0.25, -0.2) is 19.3 Å². The largest absolute Gasteiger partial charge is 0.325 e. The molecule has 6 heterocycles. The normalized spacial score (nSPS) is 11.8. The van der Waals surface area contributed by atoms with Crippen molar-refractivity contribution in [3.05, 3.63) is 67.3 Å². The second-order valence-corrected chi connectivity index (χ2v) is 10.4. The monoisotopic (exact) mass is 521 g/mol. The number of imidazole rings is 1. The molecular formula is C28H24FN9O. The molecular weight excluding hydrogens is 497 g/mol. The van der Waals surface area contributed by atoms with Crippen molar-refractivity contribution in [3.63, 3.8) is 0 Å². The highest BCUT2D eigenvalue weighted by atomic mass is 19.1. The summed E-state index contributed by atoms with van der Waals surface area (Å²) in [5.74, 6) is -0.333. The number of fused-ring (bicyclic) bond motifs is 2. The number of carbonyl (C=O) groups excluding carboxylic acids is 1. The number of carbonyl (C=O) groups is 1.